The summed E-state index contributed by atoms with van der Waals surface area (Å²) in [5.41, 5.74) is 8.81. The average Bonchev–Trinajstić information content (AvgIpc) is 3.01. The van der Waals surface area contributed by atoms with Crippen LogP contribution >= 0.6 is 11.3 Å². The number of nitrogens with zero attached hydrogens (tertiary/aromatic N) is 2. The molecule has 0 aliphatic heterocycles. The summed E-state index contributed by atoms with van der Waals surface area (Å²) in [7, 11) is 1.81. The molecule has 0 saturated heterocycles. The highest BCUT2D eigenvalue weighted by atomic mass is 32.1. The quantitative estimate of drug-likeness (QED) is 0.880. The van der Waals surface area contributed by atoms with Crippen molar-refractivity contribution in [3.8, 4) is 10.6 Å². The number of carbonyl (C=O) groups is 1. The number of nitrogens with two attached hydrogens (primary N) is 1. The van der Waals surface area contributed by atoms with E-state index in [0.29, 0.717) is 18.2 Å². The monoisotopic (exact) mass is 331 g/mol. The lowest BCUT2D eigenvalue weighted by Crippen LogP contribution is -2.34. The average molecular weight is 331 g/mol. The highest BCUT2D eigenvalue weighted by Crippen LogP contribution is 2.26. The minimum Gasteiger partial charge on any atom is -0.340 e. The fraction of sp³-hybridized carbons (Fsp3) is 0.444. The van der Waals surface area contributed by atoms with Gasteiger partial charge in [-0.05, 0) is 24.8 Å². The number of hydrogen-bond acceptors (Lipinski definition) is 4. The summed E-state index contributed by atoms with van der Waals surface area (Å²) in [6.07, 6.45) is 0.800. The highest BCUT2D eigenvalue weighted by molar-refractivity contribution is 7.13. The summed E-state index contributed by atoms with van der Waals surface area (Å²) in [6.45, 7) is 6.90. The van der Waals surface area contributed by atoms with Crippen molar-refractivity contribution in [3.63, 3.8) is 0 Å². The number of thiazole rings is 1. The topological polar surface area (TPSA) is 59.2 Å². The maximum Gasteiger partial charge on any atom is 0.273 e. The van der Waals surface area contributed by atoms with E-state index in [-0.39, 0.29) is 11.9 Å². The molecule has 2 N–H and O–H groups in total. The van der Waals surface area contributed by atoms with Gasteiger partial charge in [0.25, 0.3) is 5.91 Å². The molecule has 0 fully saturated rings. The number of hydrogen-bond donors (Lipinski definition) is 1. The van der Waals surface area contributed by atoms with Gasteiger partial charge in [-0.15, -0.1) is 11.3 Å². The molecule has 0 bridgehead atoms. The van der Waals surface area contributed by atoms with E-state index in [2.05, 4.69) is 31.8 Å². The summed E-state index contributed by atoms with van der Waals surface area (Å²) in [5, 5.41) is 2.72. The largest absolute Gasteiger partial charge is 0.340 e. The van der Waals surface area contributed by atoms with Gasteiger partial charge in [0.15, 0.2) is 0 Å². The molecule has 0 radical (unpaired) electrons. The standard InChI is InChI=1S/C18H25N3OS/c1-12(2)15(19)9-10-21(4)18(22)16-11-23-17(20-16)14-8-6-5-7-13(14)3/h5-8,11-12,15H,9-10,19H2,1-4H3. The van der Waals surface area contributed by atoms with Gasteiger partial charge in [0, 0.05) is 30.6 Å². The molecule has 5 heteroatoms. The number of carbonyl (C=O) groups excluding carboxylic acids is 1. The maximum atomic E-state index is 12.5. The smallest absolute Gasteiger partial charge is 0.273 e. The summed E-state index contributed by atoms with van der Waals surface area (Å²) in [5.74, 6) is 0.377. The second-order valence-electron chi connectivity index (χ2n) is 6.28. The summed E-state index contributed by atoms with van der Waals surface area (Å²) >= 11 is 1.51. The van der Waals surface area contributed by atoms with Crippen LogP contribution < -0.4 is 5.73 Å². The summed E-state index contributed by atoms with van der Waals surface area (Å²) < 4.78 is 0. The Kier molecular flexibility index (Phi) is 5.91. The van der Waals surface area contributed by atoms with Crippen LogP contribution in [0.15, 0.2) is 29.6 Å². The lowest BCUT2D eigenvalue weighted by atomic mass is 10.0. The second-order valence-corrected chi connectivity index (χ2v) is 7.13. The molecule has 0 aliphatic carbocycles. The third kappa shape index (κ3) is 4.39. The van der Waals surface area contributed by atoms with E-state index in [0.717, 1.165) is 22.6 Å². The Bertz CT molecular complexity index is 666. The maximum absolute atomic E-state index is 12.5. The van der Waals surface area contributed by atoms with Crippen LogP contribution in [0.4, 0.5) is 0 Å². The molecule has 2 rings (SSSR count). The third-order valence-electron chi connectivity index (χ3n) is 4.10. The van der Waals surface area contributed by atoms with E-state index >= 15 is 0 Å². The Labute approximate surface area is 142 Å². The zero-order valence-electron chi connectivity index (χ0n) is 14.2. The summed E-state index contributed by atoms with van der Waals surface area (Å²) in [6, 6.07) is 8.20. The van der Waals surface area contributed by atoms with Gasteiger partial charge in [0.2, 0.25) is 0 Å². The zero-order chi connectivity index (χ0) is 17.0. The predicted molar refractivity (Wildman–Crippen MR) is 96.7 cm³/mol. The number of rotatable bonds is 6. The van der Waals surface area contributed by atoms with E-state index in [4.69, 9.17) is 5.73 Å². The van der Waals surface area contributed by atoms with E-state index < -0.39 is 0 Å². The SMILES string of the molecule is Cc1ccccc1-c1nc(C(=O)N(C)CCC(N)C(C)C)cs1. The number of amides is 1. The van der Waals surface area contributed by atoms with Crippen molar-refractivity contribution in [3.05, 3.63) is 40.9 Å². The molecule has 0 aliphatic rings. The normalized spacial score (nSPS) is 12.4. The molecule has 0 spiro atoms. The van der Waals surface area contributed by atoms with Gasteiger partial charge in [-0.25, -0.2) is 4.98 Å². The molecule has 124 valence electrons. The first-order valence-electron chi connectivity index (χ1n) is 7.92. The Hall–Kier alpha value is -1.72. The zero-order valence-corrected chi connectivity index (χ0v) is 15.1. The van der Waals surface area contributed by atoms with Gasteiger partial charge < -0.3 is 10.6 Å². The first-order chi connectivity index (χ1) is 10.9. The highest BCUT2D eigenvalue weighted by Gasteiger charge is 2.18. The van der Waals surface area contributed by atoms with Gasteiger partial charge in [0.1, 0.15) is 10.7 Å². The molecule has 23 heavy (non-hydrogen) atoms. The van der Waals surface area contributed by atoms with Gasteiger partial charge >= 0.3 is 0 Å². The van der Waals surface area contributed by atoms with E-state index in [1.54, 1.807) is 4.90 Å². The fourth-order valence-electron chi connectivity index (χ4n) is 2.28. The van der Waals surface area contributed by atoms with Crippen molar-refractivity contribution in [1.82, 2.24) is 9.88 Å². The molecule has 1 heterocycles. The molecule has 1 aromatic heterocycles. The lowest BCUT2D eigenvalue weighted by Gasteiger charge is -2.20. The fourth-order valence-corrected chi connectivity index (χ4v) is 3.17. The minimum atomic E-state index is -0.0444. The lowest BCUT2D eigenvalue weighted by molar-refractivity contribution is 0.0784. The Morgan fingerprint density at radius 3 is 2.70 bits per heavy atom. The Morgan fingerprint density at radius 1 is 1.35 bits per heavy atom. The van der Waals surface area contributed by atoms with Crippen LogP contribution in [0.2, 0.25) is 0 Å². The number of benzene rings is 1. The van der Waals surface area contributed by atoms with Gasteiger partial charge in [-0.3, -0.25) is 4.79 Å². The molecule has 2 aromatic rings. The minimum absolute atomic E-state index is 0.0444. The Balaban J connectivity index is 2.05. The first-order valence-corrected chi connectivity index (χ1v) is 8.80. The van der Waals surface area contributed by atoms with Crippen molar-refractivity contribution in [2.45, 2.75) is 33.2 Å². The van der Waals surface area contributed by atoms with E-state index in [1.165, 1.54) is 11.3 Å². The van der Waals surface area contributed by atoms with Crippen LogP contribution in [-0.2, 0) is 0 Å². The van der Waals surface area contributed by atoms with Crippen LogP contribution in [0.5, 0.6) is 0 Å². The van der Waals surface area contributed by atoms with Crippen LogP contribution in [-0.4, -0.2) is 35.4 Å². The third-order valence-corrected chi connectivity index (χ3v) is 4.98. The van der Waals surface area contributed by atoms with E-state index in [9.17, 15) is 4.79 Å². The molecule has 4 nitrogen and oxygen atoms in total. The molecule has 0 saturated carbocycles. The second kappa shape index (κ2) is 7.70. The first kappa shape index (κ1) is 17.6. The van der Waals surface area contributed by atoms with Crippen molar-refractivity contribution in [1.29, 1.82) is 0 Å². The molecule has 1 aromatic carbocycles. The summed E-state index contributed by atoms with van der Waals surface area (Å²) in [4.78, 5) is 18.7. The molecular formula is C18H25N3OS. The van der Waals surface area contributed by atoms with Crippen LogP contribution in [0.3, 0.4) is 0 Å². The number of aryl methyl sites for hydroxylation is 1. The Morgan fingerprint density at radius 2 is 2.04 bits per heavy atom. The van der Waals surface area contributed by atoms with Crippen LogP contribution in [0, 0.1) is 12.8 Å². The number of aromatic nitrogens is 1. The van der Waals surface area contributed by atoms with Crippen LogP contribution in [0.25, 0.3) is 10.6 Å². The van der Waals surface area contributed by atoms with Crippen molar-refractivity contribution in [2.24, 2.45) is 11.7 Å². The van der Waals surface area contributed by atoms with Crippen LogP contribution in [0.1, 0.15) is 36.3 Å². The van der Waals surface area contributed by atoms with Gasteiger partial charge in [-0.2, -0.15) is 0 Å². The van der Waals surface area contributed by atoms with Crippen molar-refractivity contribution >= 4 is 17.2 Å². The molecular weight excluding hydrogens is 306 g/mol. The van der Waals surface area contributed by atoms with Crippen molar-refractivity contribution in [2.75, 3.05) is 13.6 Å². The van der Waals surface area contributed by atoms with Gasteiger partial charge in [-0.1, -0.05) is 38.1 Å². The predicted octanol–water partition coefficient (Wildman–Crippen LogP) is 3.56. The van der Waals surface area contributed by atoms with Gasteiger partial charge in [0.05, 0.1) is 0 Å². The van der Waals surface area contributed by atoms with E-state index in [1.807, 2.05) is 30.6 Å². The molecule has 1 unspecified atom stereocenters. The molecule has 1 atom stereocenters. The van der Waals surface area contributed by atoms with Crippen molar-refractivity contribution < 1.29 is 4.79 Å². The molecule has 1 amide bonds.